The zero-order valence-electron chi connectivity index (χ0n) is 15.6. The molecule has 8 heteroatoms. The summed E-state index contributed by atoms with van der Waals surface area (Å²) in [7, 11) is -1.13. The Balaban J connectivity index is 1.63. The molecular weight excluding hydrogens is 432 g/mol. The van der Waals surface area contributed by atoms with Gasteiger partial charge in [-0.25, -0.2) is 8.42 Å². The molecule has 2 fully saturated rings. The van der Waals surface area contributed by atoms with E-state index < -0.39 is 9.84 Å². The maximum Gasteiger partial charge on any atom is 0.237 e. The van der Waals surface area contributed by atoms with Crippen molar-refractivity contribution in [1.82, 2.24) is 9.80 Å². The number of likely N-dealkylation sites (N-methyl/N-ethyl adjacent to an activating group) is 1. The van der Waals surface area contributed by atoms with E-state index in [0.717, 1.165) is 29.5 Å². The summed E-state index contributed by atoms with van der Waals surface area (Å²) in [5, 5.41) is 0. The molecule has 0 aromatic heterocycles. The monoisotopic (exact) mass is 458 g/mol. The van der Waals surface area contributed by atoms with Crippen molar-refractivity contribution in [2.45, 2.75) is 38.0 Å². The van der Waals surface area contributed by atoms with Crippen LogP contribution in [0.3, 0.4) is 0 Å². The van der Waals surface area contributed by atoms with Gasteiger partial charge in [0, 0.05) is 30.2 Å². The summed E-state index contributed by atoms with van der Waals surface area (Å²) in [4.78, 5) is 16.7. The van der Waals surface area contributed by atoms with Gasteiger partial charge in [-0.15, -0.1) is 0 Å². The lowest BCUT2D eigenvalue weighted by Gasteiger charge is -2.32. The molecule has 2 unspecified atom stereocenters. The molecule has 0 bridgehead atoms. The molecule has 0 aliphatic carbocycles. The molecule has 3 rings (SSSR count). The Morgan fingerprint density at radius 1 is 1.26 bits per heavy atom. The predicted octanol–water partition coefficient (Wildman–Crippen LogP) is 2.08. The van der Waals surface area contributed by atoms with Crippen LogP contribution >= 0.6 is 15.9 Å². The quantitative estimate of drug-likeness (QED) is 0.625. The number of benzene rings is 1. The number of rotatable bonds is 7. The van der Waals surface area contributed by atoms with Gasteiger partial charge < -0.3 is 9.64 Å². The molecule has 2 saturated heterocycles. The molecule has 2 aliphatic rings. The van der Waals surface area contributed by atoms with E-state index >= 15 is 0 Å². The highest BCUT2D eigenvalue weighted by Crippen LogP contribution is 2.22. The van der Waals surface area contributed by atoms with Gasteiger partial charge in [0.05, 0.1) is 24.2 Å². The van der Waals surface area contributed by atoms with Crippen LogP contribution in [0, 0.1) is 0 Å². The van der Waals surface area contributed by atoms with E-state index in [9.17, 15) is 13.2 Å². The van der Waals surface area contributed by atoms with Crippen LogP contribution in [0.2, 0.25) is 0 Å². The van der Waals surface area contributed by atoms with Gasteiger partial charge in [-0.3, -0.25) is 9.69 Å². The van der Waals surface area contributed by atoms with Crippen molar-refractivity contribution in [3.8, 4) is 0 Å². The highest BCUT2D eigenvalue weighted by Gasteiger charge is 2.36. The molecule has 0 N–H and O–H groups in total. The van der Waals surface area contributed by atoms with Crippen molar-refractivity contribution in [1.29, 1.82) is 0 Å². The molecule has 0 radical (unpaired) electrons. The minimum atomic E-state index is -3.04. The van der Waals surface area contributed by atoms with Crippen molar-refractivity contribution in [3.63, 3.8) is 0 Å². The van der Waals surface area contributed by atoms with E-state index in [1.54, 1.807) is 4.90 Å². The fourth-order valence-electron chi connectivity index (χ4n) is 3.76. The maximum absolute atomic E-state index is 13.0. The first-order valence-corrected chi connectivity index (χ1v) is 12.0. The number of nitrogens with zero attached hydrogens (tertiary/aromatic N) is 2. The van der Waals surface area contributed by atoms with Gasteiger partial charge in [0.1, 0.15) is 0 Å². The summed E-state index contributed by atoms with van der Waals surface area (Å²) < 4.78 is 30.5. The number of hydrogen-bond donors (Lipinski definition) is 0. The van der Waals surface area contributed by atoms with Crippen molar-refractivity contribution >= 4 is 31.7 Å². The third-order valence-corrected chi connectivity index (χ3v) is 7.44. The Hall–Kier alpha value is -0.960. The van der Waals surface area contributed by atoms with Crippen LogP contribution in [-0.4, -0.2) is 74.5 Å². The first-order valence-electron chi connectivity index (χ1n) is 9.37. The first kappa shape index (κ1) is 20.8. The standard InChI is InChI=1S/C19H27BrN2O4S/c1-21(11-15-4-6-16(20)7-5-15)13-19(23)22(12-18-3-2-9-26-18)17-8-10-27(24,25)14-17/h4-7,17-18H,2-3,8-14H2,1H3. The van der Waals surface area contributed by atoms with Gasteiger partial charge in [0.2, 0.25) is 5.91 Å². The lowest BCUT2D eigenvalue weighted by molar-refractivity contribution is -0.135. The predicted molar refractivity (Wildman–Crippen MR) is 108 cm³/mol. The molecule has 1 aromatic rings. The highest BCUT2D eigenvalue weighted by molar-refractivity contribution is 9.10. The number of halogens is 1. The van der Waals surface area contributed by atoms with E-state index in [0.29, 0.717) is 19.5 Å². The van der Waals surface area contributed by atoms with Gasteiger partial charge in [-0.2, -0.15) is 0 Å². The minimum Gasteiger partial charge on any atom is -0.376 e. The van der Waals surface area contributed by atoms with Crippen molar-refractivity contribution < 1.29 is 17.9 Å². The molecule has 2 heterocycles. The Bertz CT molecular complexity index is 747. The van der Waals surface area contributed by atoms with Gasteiger partial charge >= 0.3 is 0 Å². The Morgan fingerprint density at radius 3 is 2.59 bits per heavy atom. The molecule has 6 nitrogen and oxygen atoms in total. The second-order valence-electron chi connectivity index (χ2n) is 7.54. The van der Waals surface area contributed by atoms with Crippen LogP contribution in [0.25, 0.3) is 0 Å². The van der Waals surface area contributed by atoms with Crippen LogP contribution < -0.4 is 0 Å². The van der Waals surface area contributed by atoms with Crippen LogP contribution in [0.4, 0.5) is 0 Å². The summed E-state index contributed by atoms with van der Waals surface area (Å²) in [5.41, 5.74) is 1.13. The fourth-order valence-corrected chi connectivity index (χ4v) is 5.76. The van der Waals surface area contributed by atoms with Gasteiger partial charge in [-0.1, -0.05) is 28.1 Å². The summed E-state index contributed by atoms with van der Waals surface area (Å²) in [5.74, 6) is 0.219. The third-order valence-electron chi connectivity index (χ3n) is 5.16. The van der Waals surface area contributed by atoms with Crippen molar-refractivity contribution in [3.05, 3.63) is 34.3 Å². The smallest absolute Gasteiger partial charge is 0.237 e. The summed E-state index contributed by atoms with van der Waals surface area (Å²) in [6, 6.07) is 7.79. The number of carbonyl (C=O) groups is 1. The Morgan fingerprint density at radius 2 is 2.00 bits per heavy atom. The molecule has 2 atom stereocenters. The molecule has 1 aromatic carbocycles. The van der Waals surface area contributed by atoms with E-state index in [-0.39, 0.29) is 36.1 Å². The second-order valence-corrected chi connectivity index (χ2v) is 10.7. The van der Waals surface area contributed by atoms with E-state index in [1.165, 1.54) is 0 Å². The number of sulfone groups is 1. The topological polar surface area (TPSA) is 66.9 Å². The number of amides is 1. The average Bonchev–Trinajstić information content (AvgIpc) is 3.23. The normalized spacial score (nSPS) is 24.4. The molecule has 2 aliphatic heterocycles. The summed E-state index contributed by atoms with van der Waals surface area (Å²) in [6.45, 7) is 2.14. The molecule has 27 heavy (non-hydrogen) atoms. The highest BCUT2D eigenvalue weighted by atomic mass is 79.9. The minimum absolute atomic E-state index is 0.0211. The van der Waals surface area contributed by atoms with Gasteiger partial charge in [0.15, 0.2) is 9.84 Å². The van der Waals surface area contributed by atoms with Crippen LogP contribution in [0.15, 0.2) is 28.7 Å². The fraction of sp³-hybridized carbons (Fsp3) is 0.632. The Labute approximate surface area is 169 Å². The lowest BCUT2D eigenvalue weighted by Crippen LogP contribution is -2.48. The number of hydrogen-bond acceptors (Lipinski definition) is 5. The second kappa shape index (κ2) is 9.03. The van der Waals surface area contributed by atoms with Gasteiger partial charge in [-0.05, 0) is 44.0 Å². The number of ether oxygens (including phenoxy) is 1. The molecule has 0 saturated carbocycles. The summed E-state index contributed by atoms with van der Waals surface area (Å²) in [6.07, 6.45) is 2.47. The average molecular weight is 459 g/mol. The van der Waals surface area contributed by atoms with Crippen LogP contribution in [0.5, 0.6) is 0 Å². The molecule has 1 amide bonds. The largest absolute Gasteiger partial charge is 0.376 e. The third kappa shape index (κ3) is 6.01. The lowest BCUT2D eigenvalue weighted by atomic mass is 10.1. The molecule has 0 spiro atoms. The molecular formula is C19H27BrN2O4S. The number of carbonyl (C=O) groups excluding carboxylic acids is 1. The summed E-state index contributed by atoms with van der Waals surface area (Å²) >= 11 is 3.42. The SMILES string of the molecule is CN(CC(=O)N(CC1CCCO1)C1CCS(=O)(=O)C1)Cc1ccc(Br)cc1. The van der Waals surface area contributed by atoms with Crippen molar-refractivity contribution in [2.24, 2.45) is 0 Å². The van der Waals surface area contributed by atoms with Gasteiger partial charge in [0.25, 0.3) is 0 Å². The first-order chi connectivity index (χ1) is 12.8. The van der Waals surface area contributed by atoms with E-state index in [2.05, 4.69) is 15.9 Å². The van der Waals surface area contributed by atoms with Crippen molar-refractivity contribution in [2.75, 3.05) is 38.2 Å². The van der Waals surface area contributed by atoms with Crippen LogP contribution in [-0.2, 0) is 25.9 Å². The van der Waals surface area contributed by atoms with Crippen LogP contribution in [0.1, 0.15) is 24.8 Å². The Kier molecular flexibility index (Phi) is 6.94. The zero-order chi connectivity index (χ0) is 19.4. The molecule has 150 valence electrons. The van der Waals surface area contributed by atoms with E-state index in [1.807, 2.05) is 36.2 Å². The van der Waals surface area contributed by atoms with E-state index in [4.69, 9.17) is 4.74 Å². The zero-order valence-corrected chi connectivity index (χ0v) is 18.0. The maximum atomic E-state index is 13.0.